The van der Waals surface area contributed by atoms with E-state index in [0.29, 0.717) is 6.54 Å². The van der Waals surface area contributed by atoms with Crippen LogP contribution in [0.1, 0.15) is 36.5 Å². The van der Waals surface area contributed by atoms with Crippen molar-refractivity contribution in [3.05, 3.63) is 34.7 Å². The van der Waals surface area contributed by atoms with Crippen molar-refractivity contribution in [2.75, 3.05) is 31.1 Å². The van der Waals surface area contributed by atoms with E-state index in [1.807, 2.05) is 43.3 Å². The molecule has 6 nitrogen and oxygen atoms in total. The predicted octanol–water partition coefficient (Wildman–Crippen LogP) is 3.34. The molecule has 1 aliphatic heterocycles. The summed E-state index contributed by atoms with van der Waals surface area (Å²) in [5, 5.41) is 6.12. The van der Waals surface area contributed by atoms with Crippen LogP contribution in [-0.2, 0) is 0 Å². The molecular formula is C17H24N4O2S. The molecule has 0 unspecified atom stereocenters. The van der Waals surface area contributed by atoms with Crippen LogP contribution in [0.4, 0.5) is 9.93 Å². The molecule has 0 aliphatic carbocycles. The molecular weight excluding hydrogens is 324 g/mol. The van der Waals surface area contributed by atoms with Crippen molar-refractivity contribution >= 4 is 22.5 Å². The molecule has 2 aromatic heterocycles. The Hall–Kier alpha value is -2.02. The number of urea groups is 1. The largest absolute Gasteiger partial charge is 0.466 e. The molecule has 2 amide bonds. The maximum atomic E-state index is 12.6. The van der Waals surface area contributed by atoms with Crippen molar-refractivity contribution in [2.24, 2.45) is 0 Å². The fraction of sp³-hybridized carbons (Fsp3) is 0.529. The molecule has 0 radical (unpaired) electrons. The van der Waals surface area contributed by atoms with Gasteiger partial charge in [-0.2, -0.15) is 0 Å². The second-order valence-corrected chi connectivity index (χ2v) is 7.06. The van der Waals surface area contributed by atoms with Crippen LogP contribution >= 0.6 is 11.3 Å². The summed E-state index contributed by atoms with van der Waals surface area (Å²) in [4.78, 5) is 21.1. The Kier molecular flexibility index (Phi) is 5.08. The minimum Gasteiger partial charge on any atom is -0.466 e. The molecule has 1 N–H and O–H groups in total. The summed E-state index contributed by atoms with van der Waals surface area (Å²) in [5.41, 5.74) is 1.04. The van der Waals surface area contributed by atoms with E-state index in [-0.39, 0.29) is 12.1 Å². The van der Waals surface area contributed by atoms with Crippen LogP contribution in [0, 0.1) is 13.8 Å². The fourth-order valence-electron chi connectivity index (χ4n) is 3.12. The van der Waals surface area contributed by atoms with Crippen molar-refractivity contribution in [3.63, 3.8) is 0 Å². The molecule has 1 fully saturated rings. The number of furan rings is 1. The zero-order valence-corrected chi connectivity index (χ0v) is 15.2. The second kappa shape index (κ2) is 7.25. The minimum atomic E-state index is -0.0618. The number of aromatic nitrogens is 1. The fourth-order valence-corrected chi connectivity index (χ4v) is 3.82. The SMILES string of the molecule is Cc1cc([C@H](C)NC(=O)N2CCCN(c3nccs3)CC2)c(C)o1. The summed E-state index contributed by atoms with van der Waals surface area (Å²) in [5.74, 6) is 1.74. The van der Waals surface area contributed by atoms with Crippen LogP contribution in [0.25, 0.3) is 0 Å². The number of hydrogen-bond acceptors (Lipinski definition) is 5. The number of rotatable bonds is 3. The summed E-state index contributed by atoms with van der Waals surface area (Å²) < 4.78 is 5.56. The quantitative estimate of drug-likeness (QED) is 0.924. The molecule has 130 valence electrons. The molecule has 1 aliphatic rings. The second-order valence-electron chi connectivity index (χ2n) is 6.18. The Morgan fingerprint density at radius 3 is 2.83 bits per heavy atom. The molecule has 1 atom stereocenters. The number of thiazole rings is 1. The number of nitrogens with zero attached hydrogens (tertiary/aromatic N) is 3. The van der Waals surface area contributed by atoms with Crippen molar-refractivity contribution < 1.29 is 9.21 Å². The van der Waals surface area contributed by atoms with Gasteiger partial charge >= 0.3 is 6.03 Å². The molecule has 0 aromatic carbocycles. The highest BCUT2D eigenvalue weighted by atomic mass is 32.1. The Morgan fingerprint density at radius 2 is 2.17 bits per heavy atom. The molecule has 0 spiro atoms. The van der Waals surface area contributed by atoms with E-state index >= 15 is 0 Å². The summed E-state index contributed by atoms with van der Waals surface area (Å²) in [6.07, 6.45) is 2.78. The monoisotopic (exact) mass is 348 g/mol. The lowest BCUT2D eigenvalue weighted by Crippen LogP contribution is -2.43. The molecule has 2 aromatic rings. The lowest BCUT2D eigenvalue weighted by molar-refractivity contribution is 0.198. The predicted molar refractivity (Wildman–Crippen MR) is 95.6 cm³/mol. The Morgan fingerprint density at radius 1 is 1.33 bits per heavy atom. The third-order valence-corrected chi connectivity index (χ3v) is 5.19. The topological polar surface area (TPSA) is 61.6 Å². The molecule has 3 rings (SSSR count). The highest BCUT2D eigenvalue weighted by molar-refractivity contribution is 7.13. The van der Waals surface area contributed by atoms with Gasteiger partial charge < -0.3 is 19.5 Å². The first-order chi connectivity index (χ1) is 11.5. The van der Waals surface area contributed by atoms with Crippen LogP contribution in [0.5, 0.6) is 0 Å². The number of carbonyl (C=O) groups excluding carboxylic acids is 1. The van der Waals surface area contributed by atoms with Crippen molar-refractivity contribution in [1.82, 2.24) is 15.2 Å². The van der Waals surface area contributed by atoms with Gasteiger partial charge in [0.15, 0.2) is 5.13 Å². The number of carbonyl (C=O) groups is 1. The maximum absolute atomic E-state index is 12.6. The Labute approximate surface area is 146 Å². The van der Waals surface area contributed by atoms with Gasteiger partial charge in [-0.05, 0) is 33.3 Å². The standard InChI is InChI=1S/C17H24N4O2S/c1-12-11-15(14(3)23-12)13(2)19-16(22)20-6-4-7-21(9-8-20)17-18-5-10-24-17/h5,10-11,13H,4,6-9H2,1-3H3,(H,19,22)/t13-/m0/s1. The van der Waals surface area contributed by atoms with E-state index in [2.05, 4.69) is 15.2 Å². The summed E-state index contributed by atoms with van der Waals surface area (Å²) >= 11 is 1.65. The van der Waals surface area contributed by atoms with E-state index in [4.69, 9.17) is 4.42 Å². The number of amides is 2. The molecule has 3 heterocycles. The van der Waals surface area contributed by atoms with Gasteiger partial charge in [0.2, 0.25) is 0 Å². The van der Waals surface area contributed by atoms with Gasteiger partial charge in [-0.15, -0.1) is 11.3 Å². The third-order valence-electron chi connectivity index (χ3n) is 4.36. The van der Waals surface area contributed by atoms with Crippen LogP contribution in [-0.4, -0.2) is 42.1 Å². The van der Waals surface area contributed by atoms with E-state index in [1.165, 1.54) is 0 Å². The molecule has 24 heavy (non-hydrogen) atoms. The number of aryl methyl sites for hydroxylation is 2. The highest BCUT2D eigenvalue weighted by Gasteiger charge is 2.22. The summed E-state index contributed by atoms with van der Waals surface area (Å²) in [6, 6.07) is 1.92. The Balaban J connectivity index is 1.58. The van der Waals surface area contributed by atoms with E-state index in [0.717, 1.165) is 48.3 Å². The third kappa shape index (κ3) is 3.72. The van der Waals surface area contributed by atoms with Crippen LogP contribution < -0.4 is 10.2 Å². The van der Waals surface area contributed by atoms with Crippen molar-refractivity contribution in [1.29, 1.82) is 0 Å². The summed E-state index contributed by atoms with van der Waals surface area (Å²) in [6.45, 7) is 9.09. The minimum absolute atomic E-state index is 0.0123. The van der Waals surface area contributed by atoms with Gasteiger partial charge in [-0.3, -0.25) is 0 Å². The number of nitrogens with one attached hydrogen (secondary N) is 1. The van der Waals surface area contributed by atoms with Gasteiger partial charge in [-0.25, -0.2) is 9.78 Å². The summed E-state index contributed by atoms with van der Waals surface area (Å²) in [7, 11) is 0. The zero-order chi connectivity index (χ0) is 17.1. The lowest BCUT2D eigenvalue weighted by Gasteiger charge is -2.24. The molecule has 7 heteroatoms. The lowest BCUT2D eigenvalue weighted by atomic mass is 10.1. The van der Waals surface area contributed by atoms with Crippen LogP contribution in [0.3, 0.4) is 0 Å². The van der Waals surface area contributed by atoms with E-state index in [9.17, 15) is 4.79 Å². The molecule has 0 saturated carbocycles. The van der Waals surface area contributed by atoms with Crippen LogP contribution in [0.2, 0.25) is 0 Å². The van der Waals surface area contributed by atoms with Gasteiger partial charge in [0, 0.05) is 43.3 Å². The van der Waals surface area contributed by atoms with Gasteiger partial charge in [0.05, 0.1) is 6.04 Å². The first kappa shape index (κ1) is 16.8. The smallest absolute Gasteiger partial charge is 0.317 e. The Bertz CT molecular complexity index is 683. The number of anilines is 1. The normalized spacial score (nSPS) is 16.8. The van der Waals surface area contributed by atoms with Gasteiger partial charge in [0.1, 0.15) is 11.5 Å². The van der Waals surface area contributed by atoms with Gasteiger partial charge in [0.25, 0.3) is 0 Å². The number of hydrogen-bond donors (Lipinski definition) is 1. The van der Waals surface area contributed by atoms with E-state index < -0.39 is 0 Å². The first-order valence-corrected chi connectivity index (χ1v) is 9.19. The zero-order valence-electron chi connectivity index (χ0n) is 14.4. The average molecular weight is 348 g/mol. The molecule has 1 saturated heterocycles. The van der Waals surface area contributed by atoms with E-state index in [1.54, 1.807) is 11.3 Å². The first-order valence-electron chi connectivity index (χ1n) is 8.31. The average Bonchev–Trinajstić information content (AvgIpc) is 3.11. The highest BCUT2D eigenvalue weighted by Crippen LogP contribution is 2.22. The van der Waals surface area contributed by atoms with Crippen LogP contribution in [0.15, 0.2) is 22.1 Å². The van der Waals surface area contributed by atoms with Crippen molar-refractivity contribution in [2.45, 2.75) is 33.2 Å². The van der Waals surface area contributed by atoms with Crippen molar-refractivity contribution in [3.8, 4) is 0 Å². The van der Waals surface area contributed by atoms with Gasteiger partial charge in [-0.1, -0.05) is 0 Å². The maximum Gasteiger partial charge on any atom is 0.317 e. The molecule has 0 bridgehead atoms.